The summed E-state index contributed by atoms with van der Waals surface area (Å²) < 4.78 is 12.0. The van der Waals surface area contributed by atoms with Crippen LogP contribution >= 0.6 is 0 Å². The van der Waals surface area contributed by atoms with Gasteiger partial charge in [-0.1, -0.05) is 0 Å². The highest BCUT2D eigenvalue weighted by molar-refractivity contribution is 5.93. The normalized spacial score (nSPS) is 13.2. The van der Waals surface area contributed by atoms with Gasteiger partial charge in [-0.3, -0.25) is 9.59 Å². The molecule has 38 heavy (non-hydrogen) atoms. The van der Waals surface area contributed by atoms with Crippen molar-refractivity contribution in [3.05, 3.63) is 77.9 Å². The van der Waals surface area contributed by atoms with E-state index >= 15 is 0 Å². The summed E-state index contributed by atoms with van der Waals surface area (Å²) in [6.07, 6.45) is 1.14. The third-order valence-corrected chi connectivity index (χ3v) is 6.13. The Labute approximate surface area is 220 Å². The third-order valence-electron chi connectivity index (χ3n) is 6.13. The fraction of sp³-hybridized carbons (Fsp3) is 0.241. The first-order chi connectivity index (χ1) is 18.5. The number of nitrogens with zero attached hydrogens (tertiary/aromatic N) is 3. The molecule has 192 valence electrons. The first-order valence-electron chi connectivity index (χ1n) is 12.2. The first kappa shape index (κ1) is 26.2. The molecule has 0 radical (unpaired) electrons. The summed E-state index contributed by atoms with van der Waals surface area (Å²) in [5.74, 6) is 1.32. The lowest BCUT2D eigenvalue weighted by atomic mass is 9.95. The highest BCUT2D eigenvalue weighted by Crippen LogP contribution is 2.33. The van der Waals surface area contributed by atoms with Crippen LogP contribution in [0.15, 0.2) is 66.7 Å². The van der Waals surface area contributed by atoms with Crippen LogP contribution in [-0.2, 0) is 9.59 Å². The Kier molecular flexibility index (Phi) is 8.55. The number of likely N-dealkylation sites (tertiary alicyclic amines) is 1. The van der Waals surface area contributed by atoms with Crippen LogP contribution in [0.4, 0.5) is 5.69 Å². The van der Waals surface area contributed by atoms with Gasteiger partial charge < -0.3 is 24.8 Å². The fourth-order valence-corrected chi connectivity index (χ4v) is 4.12. The number of nitrogens with one attached hydrogen (secondary N) is 1. The van der Waals surface area contributed by atoms with Crippen molar-refractivity contribution in [1.29, 1.82) is 10.5 Å². The van der Waals surface area contributed by atoms with Gasteiger partial charge in [0, 0.05) is 49.3 Å². The van der Waals surface area contributed by atoms with Gasteiger partial charge in [0.2, 0.25) is 11.8 Å². The van der Waals surface area contributed by atoms with E-state index in [0.29, 0.717) is 65.7 Å². The number of ether oxygens (including phenoxy) is 2. The number of nitriles is 2. The predicted molar refractivity (Wildman–Crippen MR) is 139 cm³/mol. The van der Waals surface area contributed by atoms with Gasteiger partial charge in [0.1, 0.15) is 23.0 Å². The minimum absolute atomic E-state index is 0.0882. The van der Waals surface area contributed by atoms with E-state index in [1.807, 2.05) is 0 Å². The van der Waals surface area contributed by atoms with Crippen molar-refractivity contribution >= 4 is 17.5 Å². The van der Waals surface area contributed by atoms with E-state index in [1.165, 1.54) is 0 Å². The molecule has 0 unspecified atom stereocenters. The van der Waals surface area contributed by atoms with Gasteiger partial charge in [-0.2, -0.15) is 10.5 Å². The molecule has 0 aromatic heterocycles. The second kappa shape index (κ2) is 12.4. The molecule has 3 aromatic carbocycles. The van der Waals surface area contributed by atoms with Crippen LogP contribution in [-0.4, -0.2) is 41.5 Å². The fourth-order valence-electron chi connectivity index (χ4n) is 4.12. The molecule has 1 saturated heterocycles. The monoisotopic (exact) mass is 510 g/mol. The number of hydrogen-bond donors (Lipinski definition) is 2. The molecule has 0 atom stereocenters. The molecule has 1 heterocycles. The Bertz CT molecular complexity index is 1290. The standard InChI is InChI=1S/C29H26N4O5/c30-18-20-1-5-24(6-2-20)37-26-15-23(16-27(17-26)38-25-7-3-21(19-31)4-8-25)32-29(36)22-9-12-33(13-10-22)28(35)11-14-34/h1-8,15-17,22,34H,9-14H2,(H,32,36). The average molecular weight is 511 g/mol. The lowest BCUT2D eigenvalue weighted by Gasteiger charge is -2.31. The van der Waals surface area contributed by atoms with Crippen molar-refractivity contribution in [2.75, 3.05) is 25.0 Å². The number of amides is 2. The minimum Gasteiger partial charge on any atom is -0.457 e. The number of carbonyl (C=O) groups is 2. The van der Waals surface area contributed by atoms with Gasteiger partial charge in [-0.15, -0.1) is 0 Å². The molecule has 9 heteroatoms. The number of aliphatic hydroxyl groups excluding tert-OH is 1. The minimum atomic E-state index is -0.265. The molecule has 1 fully saturated rings. The summed E-state index contributed by atoms with van der Waals surface area (Å²) in [5.41, 5.74) is 1.49. The Morgan fingerprint density at radius 2 is 1.34 bits per heavy atom. The van der Waals surface area contributed by atoms with Crippen LogP contribution in [0.3, 0.4) is 0 Å². The number of anilines is 1. The van der Waals surface area contributed by atoms with E-state index in [4.69, 9.17) is 25.1 Å². The summed E-state index contributed by atoms with van der Waals surface area (Å²) in [5, 5.41) is 30.0. The molecular weight excluding hydrogens is 484 g/mol. The van der Waals surface area contributed by atoms with E-state index in [9.17, 15) is 9.59 Å². The number of hydrogen-bond acceptors (Lipinski definition) is 7. The van der Waals surface area contributed by atoms with Crippen LogP contribution in [0, 0.1) is 28.6 Å². The van der Waals surface area contributed by atoms with Crippen LogP contribution in [0.5, 0.6) is 23.0 Å². The molecule has 4 rings (SSSR count). The highest BCUT2D eigenvalue weighted by atomic mass is 16.5. The van der Waals surface area contributed by atoms with Crippen molar-refractivity contribution in [3.63, 3.8) is 0 Å². The number of carbonyl (C=O) groups excluding carboxylic acids is 2. The zero-order valence-corrected chi connectivity index (χ0v) is 20.6. The largest absolute Gasteiger partial charge is 0.457 e. The van der Waals surface area contributed by atoms with E-state index in [0.717, 1.165) is 0 Å². The molecular formula is C29H26N4O5. The van der Waals surface area contributed by atoms with E-state index in [-0.39, 0.29) is 30.8 Å². The Morgan fingerprint density at radius 1 is 0.842 bits per heavy atom. The molecule has 0 bridgehead atoms. The second-order valence-corrected chi connectivity index (χ2v) is 8.79. The van der Waals surface area contributed by atoms with Crippen LogP contribution in [0.1, 0.15) is 30.4 Å². The van der Waals surface area contributed by atoms with E-state index in [2.05, 4.69) is 17.5 Å². The molecule has 3 aromatic rings. The second-order valence-electron chi connectivity index (χ2n) is 8.79. The molecule has 0 aliphatic carbocycles. The van der Waals surface area contributed by atoms with E-state index in [1.54, 1.807) is 71.6 Å². The summed E-state index contributed by atoms with van der Waals surface area (Å²) in [7, 11) is 0. The van der Waals surface area contributed by atoms with Crippen LogP contribution in [0.25, 0.3) is 0 Å². The molecule has 9 nitrogen and oxygen atoms in total. The van der Waals surface area contributed by atoms with Crippen molar-refractivity contribution in [2.24, 2.45) is 5.92 Å². The average Bonchev–Trinajstić information content (AvgIpc) is 2.94. The Balaban J connectivity index is 1.51. The zero-order chi connectivity index (χ0) is 26.9. The predicted octanol–water partition coefficient (Wildman–Crippen LogP) is 4.57. The van der Waals surface area contributed by atoms with Gasteiger partial charge >= 0.3 is 0 Å². The summed E-state index contributed by atoms with van der Waals surface area (Å²) >= 11 is 0. The molecule has 1 aliphatic rings. The molecule has 0 spiro atoms. The molecule has 1 aliphatic heterocycles. The summed E-state index contributed by atoms with van der Waals surface area (Å²) in [4.78, 5) is 26.7. The van der Waals surface area contributed by atoms with E-state index < -0.39 is 0 Å². The third kappa shape index (κ3) is 6.88. The van der Waals surface area contributed by atoms with Gasteiger partial charge in [0.25, 0.3) is 0 Å². The van der Waals surface area contributed by atoms with Crippen molar-refractivity contribution in [3.8, 4) is 35.1 Å². The van der Waals surface area contributed by atoms with Gasteiger partial charge in [0.15, 0.2) is 0 Å². The lowest BCUT2D eigenvalue weighted by molar-refractivity contribution is -0.135. The number of aliphatic hydroxyl groups is 1. The Morgan fingerprint density at radius 3 is 1.79 bits per heavy atom. The van der Waals surface area contributed by atoms with Crippen LogP contribution < -0.4 is 14.8 Å². The number of piperidine rings is 1. The maximum atomic E-state index is 13.1. The molecule has 0 saturated carbocycles. The van der Waals surface area contributed by atoms with Crippen molar-refractivity contribution < 1.29 is 24.2 Å². The quantitative estimate of drug-likeness (QED) is 0.453. The topological polar surface area (TPSA) is 136 Å². The number of rotatable bonds is 8. The number of benzene rings is 3. The SMILES string of the molecule is N#Cc1ccc(Oc2cc(NC(=O)C3CCN(C(=O)CCO)CC3)cc(Oc3ccc(C#N)cc3)c2)cc1. The maximum Gasteiger partial charge on any atom is 0.227 e. The van der Waals surface area contributed by atoms with Gasteiger partial charge in [-0.25, -0.2) is 0 Å². The van der Waals surface area contributed by atoms with Crippen LogP contribution in [0.2, 0.25) is 0 Å². The summed E-state index contributed by atoms with van der Waals surface area (Å²) in [6, 6.07) is 22.5. The lowest BCUT2D eigenvalue weighted by Crippen LogP contribution is -2.41. The zero-order valence-electron chi connectivity index (χ0n) is 20.6. The molecule has 2 amide bonds. The highest BCUT2D eigenvalue weighted by Gasteiger charge is 2.27. The summed E-state index contributed by atoms with van der Waals surface area (Å²) in [6.45, 7) is 0.741. The van der Waals surface area contributed by atoms with Crippen molar-refractivity contribution in [2.45, 2.75) is 19.3 Å². The first-order valence-corrected chi connectivity index (χ1v) is 12.2. The Hall–Kier alpha value is -4.86. The van der Waals surface area contributed by atoms with Gasteiger partial charge in [-0.05, 0) is 61.4 Å². The molecule has 2 N–H and O–H groups in total. The van der Waals surface area contributed by atoms with Crippen molar-refractivity contribution in [1.82, 2.24) is 4.90 Å². The van der Waals surface area contributed by atoms with Gasteiger partial charge in [0.05, 0.1) is 29.9 Å². The smallest absolute Gasteiger partial charge is 0.227 e. The maximum absolute atomic E-state index is 13.1.